The maximum Gasteiger partial charge on any atom is 0.254 e. The molecule has 0 aromatic heterocycles. The predicted octanol–water partition coefficient (Wildman–Crippen LogP) is 1.43. The second-order valence-electron chi connectivity index (χ2n) is 5.65. The molecule has 1 heterocycles. The highest BCUT2D eigenvalue weighted by Gasteiger charge is 2.28. The second-order valence-corrected chi connectivity index (χ2v) is 8.15. The fourth-order valence-corrected chi connectivity index (χ4v) is 3.63. The Morgan fingerprint density at radius 2 is 1.95 bits per heavy atom. The highest BCUT2D eigenvalue weighted by Crippen LogP contribution is 2.21. The highest BCUT2D eigenvalue weighted by molar-refractivity contribution is 7.92. The van der Waals surface area contributed by atoms with E-state index in [1.54, 1.807) is 30.9 Å². The number of hydrogen-bond donors (Lipinski definition) is 1. The first-order chi connectivity index (χ1) is 9.87. The first kappa shape index (κ1) is 16.0. The van der Waals surface area contributed by atoms with Gasteiger partial charge in [-0.2, -0.15) is 0 Å². The summed E-state index contributed by atoms with van der Waals surface area (Å²) in [5.41, 5.74) is 6.19. The molecule has 5 nitrogen and oxygen atoms in total. The quantitative estimate of drug-likeness (QED) is 0.912. The summed E-state index contributed by atoms with van der Waals surface area (Å²) in [5.74, 6) is -0.0727. The van der Waals surface area contributed by atoms with E-state index in [0.29, 0.717) is 18.7 Å². The van der Waals surface area contributed by atoms with Crippen molar-refractivity contribution < 1.29 is 13.2 Å². The molecule has 21 heavy (non-hydrogen) atoms. The molecule has 1 unspecified atom stereocenters. The van der Waals surface area contributed by atoms with Crippen molar-refractivity contribution in [2.75, 3.05) is 13.1 Å². The van der Waals surface area contributed by atoms with Crippen molar-refractivity contribution in [1.82, 2.24) is 4.90 Å². The number of amides is 1. The van der Waals surface area contributed by atoms with Gasteiger partial charge in [-0.05, 0) is 51.0 Å². The van der Waals surface area contributed by atoms with Gasteiger partial charge < -0.3 is 10.6 Å². The highest BCUT2D eigenvalue weighted by atomic mass is 32.2. The van der Waals surface area contributed by atoms with Crippen LogP contribution < -0.4 is 5.73 Å². The summed E-state index contributed by atoms with van der Waals surface area (Å²) in [4.78, 5) is 14.5. The summed E-state index contributed by atoms with van der Waals surface area (Å²) in [6.07, 6.45) is 1.90. The van der Waals surface area contributed by atoms with Crippen molar-refractivity contribution in [2.24, 2.45) is 5.73 Å². The van der Waals surface area contributed by atoms with Crippen molar-refractivity contribution in [3.63, 3.8) is 0 Å². The van der Waals surface area contributed by atoms with Crippen LogP contribution in [0.3, 0.4) is 0 Å². The molecule has 1 aliphatic heterocycles. The number of likely N-dealkylation sites (tertiary alicyclic amines) is 1. The molecule has 1 aromatic carbocycles. The van der Waals surface area contributed by atoms with Gasteiger partial charge in [-0.15, -0.1) is 0 Å². The van der Waals surface area contributed by atoms with Crippen LogP contribution >= 0.6 is 0 Å². The van der Waals surface area contributed by atoms with Gasteiger partial charge in [0.15, 0.2) is 9.84 Å². The number of nitrogens with two attached hydrogens (primary N) is 1. The van der Waals surface area contributed by atoms with Crippen LogP contribution in [0.4, 0.5) is 0 Å². The van der Waals surface area contributed by atoms with Gasteiger partial charge in [-0.1, -0.05) is 0 Å². The van der Waals surface area contributed by atoms with Gasteiger partial charge in [0, 0.05) is 24.7 Å². The fourth-order valence-electron chi connectivity index (χ4n) is 2.57. The normalized spacial score (nSPS) is 19.2. The molecule has 1 atom stereocenters. The fraction of sp³-hybridized carbons (Fsp3) is 0.533. The van der Waals surface area contributed by atoms with Crippen LogP contribution in [0.25, 0.3) is 0 Å². The van der Waals surface area contributed by atoms with E-state index in [0.717, 1.165) is 12.8 Å². The third-order valence-electron chi connectivity index (χ3n) is 3.96. The molecule has 1 saturated heterocycles. The smallest absolute Gasteiger partial charge is 0.254 e. The van der Waals surface area contributed by atoms with Crippen LogP contribution in [0, 0.1) is 0 Å². The van der Waals surface area contributed by atoms with Gasteiger partial charge in [0.05, 0.1) is 10.1 Å². The Bertz CT molecular complexity index is 608. The zero-order chi connectivity index (χ0) is 15.6. The summed E-state index contributed by atoms with van der Waals surface area (Å²) < 4.78 is 24.1. The summed E-state index contributed by atoms with van der Waals surface area (Å²) in [6, 6.07) is 6.29. The van der Waals surface area contributed by atoms with Gasteiger partial charge in [0.1, 0.15) is 0 Å². The van der Waals surface area contributed by atoms with E-state index in [4.69, 9.17) is 5.73 Å². The lowest BCUT2D eigenvalue weighted by Crippen LogP contribution is -2.39. The van der Waals surface area contributed by atoms with E-state index in [9.17, 15) is 13.2 Å². The number of benzene rings is 1. The Kier molecular flexibility index (Phi) is 4.68. The molecule has 1 aromatic rings. The molecule has 2 N–H and O–H groups in total. The van der Waals surface area contributed by atoms with Crippen molar-refractivity contribution in [3.8, 4) is 0 Å². The maximum absolute atomic E-state index is 12.4. The molecule has 1 fully saturated rings. The molecule has 6 heteroatoms. The van der Waals surface area contributed by atoms with Crippen LogP contribution in [-0.4, -0.2) is 43.6 Å². The lowest BCUT2D eigenvalue weighted by molar-refractivity contribution is 0.0741. The van der Waals surface area contributed by atoms with Gasteiger partial charge in [-0.3, -0.25) is 4.79 Å². The van der Waals surface area contributed by atoms with Crippen LogP contribution in [0.1, 0.15) is 37.0 Å². The number of carbonyl (C=O) groups excluding carboxylic acids is 1. The van der Waals surface area contributed by atoms with Gasteiger partial charge >= 0.3 is 0 Å². The Morgan fingerprint density at radius 3 is 2.48 bits per heavy atom. The van der Waals surface area contributed by atoms with Crippen molar-refractivity contribution in [2.45, 2.75) is 42.9 Å². The average molecular weight is 310 g/mol. The van der Waals surface area contributed by atoms with Crippen molar-refractivity contribution in [3.05, 3.63) is 29.8 Å². The topological polar surface area (TPSA) is 80.5 Å². The van der Waals surface area contributed by atoms with Gasteiger partial charge in [-0.25, -0.2) is 8.42 Å². The molecule has 0 saturated carbocycles. The van der Waals surface area contributed by atoms with Crippen LogP contribution in [0.5, 0.6) is 0 Å². The van der Waals surface area contributed by atoms with Crippen molar-refractivity contribution in [1.29, 1.82) is 0 Å². The molecule has 1 aliphatic rings. The summed E-state index contributed by atoms with van der Waals surface area (Å²) in [7, 11) is -3.30. The summed E-state index contributed by atoms with van der Waals surface area (Å²) >= 11 is 0. The van der Waals surface area contributed by atoms with E-state index < -0.39 is 15.1 Å². The number of hydrogen-bond acceptors (Lipinski definition) is 4. The largest absolute Gasteiger partial charge is 0.334 e. The number of carbonyl (C=O) groups is 1. The second kappa shape index (κ2) is 6.15. The minimum absolute atomic E-state index is 0.0727. The summed E-state index contributed by atoms with van der Waals surface area (Å²) in [5, 5.41) is -0.473. The van der Waals surface area contributed by atoms with E-state index in [2.05, 4.69) is 0 Å². The summed E-state index contributed by atoms with van der Waals surface area (Å²) in [6.45, 7) is 4.47. The molecule has 2 rings (SSSR count). The molecule has 0 aliphatic carbocycles. The zero-order valence-electron chi connectivity index (χ0n) is 12.5. The molecule has 0 radical (unpaired) electrons. The molecule has 1 amide bonds. The Hall–Kier alpha value is -1.40. The first-order valence-electron chi connectivity index (χ1n) is 7.23. The van der Waals surface area contributed by atoms with Crippen LogP contribution in [0.2, 0.25) is 0 Å². The third kappa shape index (κ3) is 3.11. The minimum Gasteiger partial charge on any atom is -0.334 e. The van der Waals surface area contributed by atoms with E-state index in [1.165, 1.54) is 12.1 Å². The Balaban J connectivity index is 2.21. The maximum atomic E-state index is 12.4. The van der Waals surface area contributed by atoms with Gasteiger partial charge in [0.25, 0.3) is 5.91 Å². The molecular weight excluding hydrogens is 288 g/mol. The SMILES string of the molecule is CC(C)S(=O)(=O)c1ccc(C(=O)N2CCCC2CN)cc1. The standard InChI is InChI=1S/C15H22N2O3S/c1-11(2)21(19,20)14-7-5-12(6-8-14)15(18)17-9-3-4-13(17)10-16/h5-8,11,13H,3-4,9-10,16H2,1-2H3. The number of sulfone groups is 1. The lowest BCUT2D eigenvalue weighted by Gasteiger charge is -2.23. The van der Waals surface area contributed by atoms with E-state index >= 15 is 0 Å². The third-order valence-corrected chi connectivity index (χ3v) is 6.13. The Labute approximate surface area is 126 Å². The minimum atomic E-state index is -3.30. The zero-order valence-corrected chi connectivity index (χ0v) is 13.3. The van der Waals surface area contributed by atoms with Crippen molar-refractivity contribution >= 4 is 15.7 Å². The monoisotopic (exact) mass is 310 g/mol. The molecule has 0 spiro atoms. The van der Waals surface area contributed by atoms with E-state index in [-0.39, 0.29) is 16.8 Å². The molecule has 116 valence electrons. The van der Waals surface area contributed by atoms with Gasteiger partial charge in [0.2, 0.25) is 0 Å². The predicted molar refractivity (Wildman–Crippen MR) is 81.9 cm³/mol. The average Bonchev–Trinajstić information content (AvgIpc) is 2.94. The van der Waals surface area contributed by atoms with Crippen LogP contribution in [0.15, 0.2) is 29.2 Å². The van der Waals surface area contributed by atoms with Crippen LogP contribution in [-0.2, 0) is 9.84 Å². The molecular formula is C15H22N2O3S. The van der Waals surface area contributed by atoms with E-state index in [1.807, 2.05) is 0 Å². The Morgan fingerprint density at radius 1 is 1.33 bits per heavy atom. The number of rotatable bonds is 4. The number of nitrogens with zero attached hydrogens (tertiary/aromatic N) is 1. The lowest BCUT2D eigenvalue weighted by atomic mass is 10.1. The molecule has 0 bridgehead atoms. The first-order valence-corrected chi connectivity index (χ1v) is 8.77.